The molecule has 0 spiro atoms. The molecule has 0 aromatic carbocycles. The summed E-state index contributed by atoms with van der Waals surface area (Å²) >= 11 is 0. The van der Waals surface area contributed by atoms with Crippen LogP contribution in [-0.2, 0) is 9.53 Å². The lowest BCUT2D eigenvalue weighted by Crippen LogP contribution is -2.22. The monoisotopic (exact) mass is 254 g/mol. The molecule has 2 atom stereocenters. The SMILES string of the molecule is CC(C)(C)OC(=O)[N+]#CC1CCC[C@H](C(=O)O)C1. The Morgan fingerprint density at radius 3 is 2.56 bits per heavy atom. The van der Waals surface area contributed by atoms with Gasteiger partial charge in [0.15, 0.2) is 0 Å². The summed E-state index contributed by atoms with van der Waals surface area (Å²) < 4.78 is 5.02. The normalized spacial score (nSPS) is 23.7. The van der Waals surface area contributed by atoms with Crippen LogP contribution < -0.4 is 0 Å². The number of amides is 1. The molecule has 0 radical (unpaired) electrons. The fourth-order valence-electron chi connectivity index (χ4n) is 1.96. The van der Waals surface area contributed by atoms with Gasteiger partial charge in [0, 0.05) is 0 Å². The Balaban J connectivity index is 2.52. The topological polar surface area (TPSA) is 68.0 Å². The van der Waals surface area contributed by atoms with Gasteiger partial charge in [0.05, 0.1) is 16.7 Å². The largest absolute Gasteiger partial charge is 0.728 e. The zero-order valence-electron chi connectivity index (χ0n) is 11.1. The fraction of sp³-hybridized carbons (Fsp3) is 0.769. The lowest BCUT2D eigenvalue weighted by Gasteiger charge is -2.19. The second-order valence-corrected chi connectivity index (χ2v) is 5.62. The van der Waals surface area contributed by atoms with Gasteiger partial charge in [-0.05, 0) is 40.0 Å². The highest BCUT2D eigenvalue weighted by Crippen LogP contribution is 2.28. The zero-order chi connectivity index (χ0) is 13.8. The molecule has 0 saturated heterocycles. The predicted molar refractivity (Wildman–Crippen MR) is 66.6 cm³/mol. The maximum Gasteiger partial charge on any atom is 0.728 e. The quantitative estimate of drug-likeness (QED) is 0.780. The summed E-state index contributed by atoms with van der Waals surface area (Å²) in [7, 11) is 0. The van der Waals surface area contributed by atoms with E-state index in [9.17, 15) is 9.59 Å². The summed E-state index contributed by atoms with van der Waals surface area (Å²) in [6.07, 6.45) is 2.19. The first kappa shape index (κ1) is 14.5. The molecule has 0 aromatic heterocycles. The van der Waals surface area contributed by atoms with Gasteiger partial charge in [-0.3, -0.25) is 4.79 Å². The van der Waals surface area contributed by atoms with Crippen molar-refractivity contribution in [3.63, 3.8) is 0 Å². The molecule has 0 aromatic rings. The molecule has 1 N–H and O–H groups in total. The van der Waals surface area contributed by atoms with Crippen molar-refractivity contribution in [3.05, 3.63) is 4.85 Å². The third kappa shape index (κ3) is 5.17. The number of carbonyl (C=O) groups excluding carboxylic acids is 1. The number of rotatable bonds is 1. The molecule has 1 aliphatic carbocycles. The standard InChI is InChI=1S/C13H19NO4/c1-13(2,3)18-12(17)14-8-9-5-4-6-10(7-9)11(15)16/h9-10H,4-7H2,1-3H3/p+1/t9?,10-/m0/s1. The van der Waals surface area contributed by atoms with Gasteiger partial charge in [-0.25, -0.2) is 0 Å². The van der Waals surface area contributed by atoms with Crippen LogP contribution in [0.25, 0.3) is 4.85 Å². The van der Waals surface area contributed by atoms with Gasteiger partial charge in [0.1, 0.15) is 5.60 Å². The van der Waals surface area contributed by atoms with E-state index < -0.39 is 17.7 Å². The average molecular weight is 254 g/mol. The Labute approximate surface area is 107 Å². The lowest BCUT2D eigenvalue weighted by molar-refractivity contribution is -0.143. The Morgan fingerprint density at radius 1 is 1.33 bits per heavy atom. The van der Waals surface area contributed by atoms with Crippen LogP contribution in [0, 0.1) is 17.9 Å². The van der Waals surface area contributed by atoms with E-state index in [4.69, 9.17) is 9.84 Å². The fourth-order valence-corrected chi connectivity index (χ4v) is 1.96. The Bertz CT molecular complexity index is 386. The van der Waals surface area contributed by atoms with Crippen LogP contribution >= 0.6 is 0 Å². The van der Waals surface area contributed by atoms with E-state index in [0.29, 0.717) is 12.8 Å². The predicted octanol–water partition coefficient (Wildman–Crippen LogP) is 3.15. The molecule has 5 nitrogen and oxygen atoms in total. The van der Waals surface area contributed by atoms with Crippen LogP contribution in [0.3, 0.4) is 0 Å². The van der Waals surface area contributed by atoms with E-state index in [1.165, 1.54) is 0 Å². The summed E-state index contributed by atoms with van der Waals surface area (Å²) in [5.41, 5.74) is -0.571. The zero-order valence-corrected chi connectivity index (χ0v) is 11.1. The van der Waals surface area contributed by atoms with Gasteiger partial charge >= 0.3 is 12.1 Å². The smallest absolute Gasteiger partial charge is 0.481 e. The highest BCUT2D eigenvalue weighted by molar-refractivity contribution is 5.79. The van der Waals surface area contributed by atoms with E-state index in [1.807, 2.05) is 0 Å². The number of nitrogens with zero attached hydrogens (tertiary/aromatic N) is 1. The summed E-state index contributed by atoms with van der Waals surface area (Å²) in [6, 6.07) is 2.72. The lowest BCUT2D eigenvalue weighted by atomic mass is 9.82. The minimum atomic E-state index is -0.779. The van der Waals surface area contributed by atoms with E-state index in [-0.39, 0.29) is 11.8 Å². The first-order chi connectivity index (χ1) is 8.28. The number of carboxylic acids is 1. The summed E-state index contributed by atoms with van der Waals surface area (Å²) in [6.45, 7) is 5.30. The van der Waals surface area contributed by atoms with Crippen LogP contribution in [0.2, 0.25) is 0 Å². The van der Waals surface area contributed by atoms with Crippen molar-refractivity contribution >= 4 is 12.1 Å². The minimum Gasteiger partial charge on any atom is -0.481 e. The van der Waals surface area contributed by atoms with Crippen molar-refractivity contribution in [2.24, 2.45) is 11.8 Å². The number of ether oxygens (including phenoxy) is 1. The molecule has 0 heterocycles. The molecule has 1 saturated carbocycles. The average Bonchev–Trinajstić information content (AvgIpc) is 2.24. The number of aliphatic carboxylic acids is 1. The summed E-state index contributed by atoms with van der Waals surface area (Å²) in [4.78, 5) is 25.8. The molecular weight excluding hydrogens is 234 g/mol. The number of carbonyl (C=O) groups is 2. The van der Waals surface area contributed by atoms with Gasteiger partial charge in [-0.15, -0.1) is 0 Å². The third-order valence-corrected chi connectivity index (χ3v) is 2.76. The van der Waals surface area contributed by atoms with E-state index in [2.05, 4.69) is 10.9 Å². The van der Waals surface area contributed by atoms with Gasteiger partial charge in [0.2, 0.25) is 0 Å². The molecule has 18 heavy (non-hydrogen) atoms. The molecule has 5 heteroatoms. The Kier molecular flexibility index (Phi) is 4.71. The van der Waals surface area contributed by atoms with Gasteiger partial charge in [0.25, 0.3) is 6.07 Å². The molecule has 1 aliphatic rings. The second kappa shape index (κ2) is 5.85. The van der Waals surface area contributed by atoms with Crippen LogP contribution in [0.1, 0.15) is 46.5 Å². The maximum atomic E-state index is 11.3. The second-order valence-electron chi connectivity index (χ2n) is 5.62. The van der Waals surface area contributed by atoms with Crippen LogP contribution in [0.15, 0.2) is 0 Å². The number of carboxylic acid groups (broad SMARTS) is 1. The molecule has 0 aliphatic heterocycles. The Morgan fingerprint density at radius 2 is 2.00 bits per heavy atom. The van der Waals surface area contributed by atoms with Gasteiger partial charge in [-0.2, -0.15) is 4.79 Å². The third-order valence-electron chi connectivity index (χ3n) is 2.76. The highest BCUT2D eigenvalue weighted by atomic mass is 16.6. The van der Waals surface area contributed by atoms with Crippen LogP contribution in [-0.4, -0.2) is 22.8 Å². The molecule has 1 rings (SSSR count). The van der Waals surface area contributed by atoms with Crippen LogP contribution in [0.4, 0.5) is 4.79 Å². The van der Waals surface area contributed by atoms with Crippen molar-refractivity contribution in [3.8, 4) is 6.07 Å². The van der Waals surface area contributed by atoms with Crippen molar-refractivity contribution < 1.29 is 19.4 Å². The molecule has 1 unspecified atom stereocenters. The Hall–Kier alpha value is -1.57. The van der Waals surface area contributed by atoms with E-state index >= 15 is 0 Å². The van der Waals surface area contributed by atoms with Crippen molar-refractivity contribution in [1.82, 2.24) is 0 Å². The van der Waals surface area contributed by atoms with Crippen molar-refractivity contribution in [2.75, 3.05) is 0 Å². The van der Waals surface area contributed by atoms with E-state index in [1.54, 1.807) is 20.8 Å². The van der Waals surface area contributed by atoms with Crippen LogP contribution in [0.5, 0.6) is 0 Å². The maximum absolute atomic E-state index is 11.3. The van der Waals surface area contributed by atoms with Gasteiger partial charge in [-0.1, -0.05) is 6.42 Å². The molecule has 100 valence electrons. The molecule has 1 fully saturated rings. The van der Waals surface area contributed by atoms with Gasteiger partial charge < -0.3 is 9.84 Å². The summed E-state index contributed by atoms with van der Waals surface area (Å²) in [5.74, 6) is -1.18. The highest BCUT2D eigenvalue weighted by Gasteiger charge is 2.30. The van der Waals surface area contributed by atoms with Crippen molar-refractivity contribution in [1.29, 1.82) is 0 Å². The van der Waals surface area contributed by atoms with Crippen molar-refractivity contribution in [2.45, 2.75) is 52.1 Å². The first-order valence-electron chi connectivity index (χ1n) is 6.20. The van der Waals surface area contributed by atoms with E-state index in [0.717, 1.165) is 12.8 Å². The first-order valence-corrected chi connectivity index (χ1v) is 6.20. The summed E-state index contributed by atoms with van der Waals surface area (Å²) in [5, 5.41) is 8.94. The number of hydrogen-bond donors (Lipinski definition) is 1. The minimum absolute atomic E-state index is 0.0626. The molecule has 0 bridgehead atoms. The number of hydrogen-bond acceptors (Lipinski definition) is 3. The molecule has 1 amide bonds. The molecular formula is C13H20NO4+.